The molecule has 104 valence electrons. The van der Waals surface area contributed by atoms with Gasteiger partial charge in [0.05, 0.1) is 0 Å². The number of benzene rings is 2. The Balaban J connectivity index is 1.84. The van der Waals surface area contributed by atoms with E-state index in [1.54, 1.807) is 11.8 Å². The van der Waals surface area contributed by atoms with E-state index in [4.69, 9.17) is 11.6 Å². The van der Waals surface area contributed by atoms with Crippen LogP contribution in [0.4, 0.5) is 0 Å². The Kier molecular flexibility index (Phi) is 4.09. The van der Waals surface area contributed by atoms with Crippen LogP contribution in [0.15, 0.2) is 41.3 Å². The van der Waals surface area contributed by atoms with Crippen molar-refractivity contribution in [2.75, 3.05) is 6.26 Å². The lowest BCUT2D eigenvalue weighted by Gasteiger charge is -2.13. The average Bonchev–Trinajstić information content (AvgIpc) is 2.83. The molecule has 0 saturated heterocycles. The fourth-order valence-corrected chi connectivity index (χ4v) is 3.94. The summed E-state index contributed by atoms with van der Waals surface area (Å²) in [4.78, 5) is 1.33. The Morgan fingerprint density at radius 3 is 2.65 bits per heavy atom. The van der Waals surface area contributed by atoms with E-state index in [2.05, 4.69) is 49.6 Å². The third-order valence-corrected chi connectivity index (χ3v) is 5.28. The van der Waals surface area contributed by atoms with Crippen LogP contribution in [0.1, 0.15) is 34.6 Å². The van der Waals surface area contributed by atoms with Gasteiger partial charge in [0.1, 0.15) is 0 Å². The third kappa shape index (κ3) is 2.75. The van der Waals surface area contributed by atoms with Gasteiger partial charge in [-0.1, -0.05) is 29.8 Å². The van der Waals surface area contributed by atoms with Gasteiger partial charge in [-0.25, -0.2) is 0 Å². The van der Waals surface area contributed by atoms with Gasteiger partial charge in [0, 0.05) is 9.92 Å². The number of hydrogen-bond acceptors (Lipinski definition) is 1. The van der Waals surface area contributed by atoms with Crippen molar-refractivity contribution in [1.29, 1.82) is 0 Å². The predicted octanol–water partition coefficient (Wildman–Crippen LogP) is 5.64. The van der Waals surface area contributed by atoms with Gasteiger partial charge in [0.15, 0.2) is 0 Å². The zero-order chi connectivity index (χ0) is 14.1. The molecule has 0 nitrogen and oxygen atoms in total. The van der Waals surface area contributed by atoms with E-state index in [1.165, 1.54) is 33.6 Å². The van der Waals surface area contributed by atoms with Gasteiger partial charge in [0.2, 0.25) is 0 Å². The standard InChI is InChI=1S/C18H19ClS/c1-12-9-17-14(5-8-16(17)18(19)10-12)11-13-3-6-15(20-2)7-4-13/h3-4,6-7,9-10,14H,5,8,11H2,1-2H3. The first-order valence-corrected chi connectivity index (χ1v) is 8.69. The topological polar surface area (TPSA) is 0 Å². The smallest absolute Gasteiger partial charge is 0.0443 e. The van der Waals surface area contributed by atoms with E-state index in [1.807, 2.05) is 0 Å². The van der Waals surface area contributed by atoms with Crippen molar-refractivity contribution in [3.8, 4) is 0 Å². The minimum absolute atomic E-state index is 0.627. The molecule has 1 aliphatic carbocycles. The highest BCUT2D eigenvalue weighted by Crippen LogP contribution is 2.39. The van der Waals surface area contributed by atoms with E-state index < -0.39 is 0 Å². The molecule has 0 aromatic heterocycles. The van der Waals surface area contributed by atoms with Crippen molar-refractivity contribution in [3.63, 3.8) is 0 Å². The van der Waals surface area contributed by atoms with Gasteiger partial charge in [-0.3, -0.25) is 0 Å². The van der Waals surface area contributed by atoms with E-state index in [9.17, 15) is 0 Å². The minimum Gasteiger partial charge on any atom is -0.130 e. The maximum Gasteiger partial charge on any atom is 0.0443 e. The molecule has 0 radical (unpaired) electrons. The van der Waals surface area contributed by atoms with Gasteiger partial charge in [-0.05, 0) is 78.8 Å². The Morgan fingerprint density at radius 1 is 1.20 bits per heavy atom. The first-order chi connectivity index (χ1) is 9.67. The van der Waals surface area contributed by atoms with Crippen LogP contribution in [0.2, 0.25) is 5.02 Å². The highest BCUT2D eigenvalue weighted by atomic mass is 35.5. The second-order valence-electron chi connectivity index (χ2n) is 5.60. The summed E-state index contributed by atoms with van der Waals surface area (Å²) in [6.45, 7) is 2.13. The number of hydrogen-bond donors (Lipinski definition) is 0. The lowest BCUT2D eigenvalue weighted by Crippen LogP contribution is -1.99. The van der Waals surface area contributed by atoms with Crippen LogP contribution in [-0.2, 0) is 12.8 Å². The molecule has 1 atom stereocenters. The van der Waals surface area contributed by atoms with Crippen LogP contribution in [0.3, 0.4) is 0 Å². The second kappa shape index (κ2) is 5.83. The largest absolute Gasteiger partial charge is 0.130 e. The van der Waals surface area contributed by atoms with Crippen molar-refractivity contribution < 1.29 is 0 Å². The molecule has 0 fully saturated rings. The Labute approximate surface area is 130 Å². The summed E-state index contributed by atoms with van der Waals surface area (Å²) in [7, 11) is 0. The molecule has 20 heavy (non-hydrogen) atoms. The summed E-state index contributed by atoms with van der Waals surface area (Å²) < 4.78 is 0. The minimum atomic E-state index is 0.627. The van der Waals surface area contributed by atoms with Crippen LogP contribution in [0.25, 0.3) is 0 Å². The van der Waals surface area contributed by atoms with Crippen molar-refractivity contribution in [2.45, 2.75) is 37.0 Å². The number of rotatable bonds is 3. The molecule has 1 unspecified atom stereocenters. The summed E-state index contributed by atoms with van der Waals surface area (Å²) in [5, 5.41) is 0.959. The van der Waals surface area contributed by atoms with Gasteiger partial charge in [-0.15, -0.1) is 11.8 Å². The average molecular weight is 303 g/mol. The van der Waals surface area contributed by atoms with Crippen LogP contribution in [-0.4, -0.2) is 6.26 Å². The fraction of sp³-hybridized carbons (Fsp3) is 0.333. The van der Waals surface area contributed by atoms with E-state index in [-0.39, 0.29) is 0 Å². The summed E-state index contributed by atoms with van der Waals surface area (Å²) in [6, 6.07) is 13.4. The monoisotopic (exact) mass is 302 g/mol. The van der Waals surface area contributed by atoms with Gasteiger partial charge in [-0.2, -0.15) is 0 Å². The quantitative estimate of drug-likeness (QED) is 0.661. The van der Waals surface area contributed by atoms with Gasteiger partial charge < -0.3 is 0 Å². The molecular formula is C18H19ClS. The molecule has 0 bridgehead atoms. The van der Waals surface area contributed by atoms with Gasteiger partial charge in [0.25, 0.3) is 0 Å². The van der Waals surface area contributed by atoms with Crippen molar-refractivity contribution in [2.24, 2.45) is 0 Å². The SMILES string of the molecule is CSc1ccc(CC2CCc3c(Cl)cc(C)cc32)cc1. The molecule has 2 heteroatoms. The lowest BCUT2D eigenvalue weighted by atomic mass is 9.93. The molecule has 0 heterocycles. The summed E-state index contributed by atoms with van der Waals surface area (Å²) in [5.74, 6) is 0.627. The predicted molar refractivity (Wildman–Crippen MR) is 89.2 cm³/mol. The summed E-state index contributed by atoms with van der Waals surface area (Å²) in [5.41, 5.74) is 5.56. The highest BCUT2D eigenvalue weighted by Gasteiger charge is 2.24. The van der Waals surface area contributed by atoms with Crippen LogP contribution in [0.5, 0.6) is 0 Å². The number of thioether (sulfide) groups is 1. The number of aryl methyl sites for hydroxylation is 1. The second-order valence-corrected chi connectivity index (χ2v) is 6.89. The van der Waals surface area contributed by atoms with Crippen LogP contribution in [0, 0.1) is 6.92 Å². The Bertz CT molecular complexity index is 616. The zero-order valence-corrected chi connectivity index (χ0v) is 13.5. The molecule has 2 aromatic rings. The molecule has 0 N–H and O–H groups in total. The maximum absolute atomic E-state index is 6.38. The molecule has 2 aromatic carbocycles. The van der Waals surface area contributed by atoms with Gasteiger partial charge >= 0.3 is 0 Å². The van der Waals surface area contributed by atoms with E-state index >= 15 is 0 Å². The summed E-state index contributed by atoms with van der Waals surface area (Å²) >= 11 is 8.18. The van der Waals surface area contributed by atoms with Crippen LogP contribution < -0.4 is 0 Å². The van der Waals surface area contributed by atoms with E-state index in [0.717, 1.165) is 17.9 Å². The lowest BCUT2D eigenvalue weighted by molar-refractivity contribution is 0.674. The van der Waals surface area contributed by atoms with Crippen molar-refractivity contribution in [3.05, 3.63) is 63.7 Å². The first-order valence-electron chi connectivity index (χ1n) is 7.09. The normalized spacial score (nSPS) is 17.2. The highest BCUT2D eigenvalue weighted by molar-refractivity contribution is 7.98. The third-order valence-electron chi connectivity index (χ3n) is 4.20. The van der Waals surface area contributed by atoms with E-state index in [0.29, 0.717) is 5.92 Å². The fourth-order valence-electron chi connectivity index (χ4n) is 3.16. The first kappa shape index (κ1) is 14.0. The molecular weight excluding hydrogens is 284 g/mol. The Hall–Kier alpha value is -0.920. The van der Waals surface area contributed by atoms with Crippen molar-refractivity contribution >= 4 is 23.4 Å². The molecule has 3 rings (SSSR count). The van der Waals surface area contributed by atoms with Crippen LogP contribution >= 0.6 is 23.4 Å². The molecule has 0 saturated carbocycles. The molecule has 0 aliphatic heterocycles. The molecule has 1 aliphatic rings. The molecule has 0 spiro atoms. The Morgan fingerprint density at radius 2 is 1.95 bits per heavy atom. The number of fused-ring (bicyclic) bond motifs is 1. The number of halogens is 1. The van der Waals surface area contributed by atoms with Crippen molar-refractivity contribution in [1.82, 2.24) is 0 Å². The summed E-state index contributed by atoms with van der Waals surface area (Å²) in [6.07, 6.45) is 5.60. The maximum atomic E-state index is 6.38. The zero-order valence-electron chi connectivity index (χ0n) is 11.9. The molecule has 0 amide bonds.